The van der Waals surface area contributed by atoms with Crippen molar-refractivity contribution in [3.8, 4) is 16.5 Å². The van der Waals surface area contributed by atoms with Crippen molar-refractivity contribution in [2.45, 2.75) is 18.9 Å². The minimum Gasteiger partial charge on any atom is -0.496 e. The van der Waals surface area contributed by atoms with Crippen molar-refractivity contribution in [2.75, 3.05) is 25.6 Å². The molecule has 1 aliphatic heterocycles. The van der Waals surface area contributed by atoms with Crippen LogP contribution in [0.5, 0.6) is 5.75 Å². The molecule has 1 fully saturated rings. The van der Waals surface area contributed by atoms with Gasteiger partial charge in [-0.2, -0.15) is 0 Å². The zero-order valence-corrected chi connectivity index (χ0v) is 17.4. The molecule has 9 nitrogen and oxygen atoms in total. The molecule has 4 rings (SSSR count). The van der Waals surface area contributed by atoms with Crippen LogP contribution in [0.3, 0.4) is 0 Å². The molecule has 2 aromatic heterocycles. The van der Waals surface area contributed by atoms with E-state index in [2.05, 4.69) is 31.5 Å². The summed E-state index contributed by atoms with van der Waals surface area (Å²) in [4.78, 5) is 34.9. The summed E-state index contributed by atoms with van der Waals surface area (Å²) in [7, 11) is 1.57. The zero-order chi connectivity index (χ0) is 21.1. The lowest BCUT2D eigenvalue weighted by Gasteiger charge is -2.33. The molecule has 0 saturated carbocycles. The normalized spacial score (nSPS) is 18.7. The monoisotopic (exact) mass is 426 g/mol. The van der Waals surface area contributed by atoms with Gasteiger partial charge in [-0.05, 0) is 30.5 Å². The summed E-state index contributed by atoms with van der Waals surface area (Å²) in [5, 5.41) is 8.48. The van der Waals surface area contributed by atoms with Crippen LogP contribution in [0.25, 0.3) is 21.6 Å². The fourth-order valence-corrected chi connectivity index (χ4v) is 4.01. The first-order chi connectivity index (χ1) is 14.5. The van der Waals surface area contributed by atoms with Crippen LogP contribution in [0.1, 0.15) is 13.3 Å². The van der Waals surface area contributed by atoms with Gasteiger partial charge in [0, 0.05) is 13.1 Å². The topological polar surface area (TPSA) is 117 Å². The Balaban J connectivity index is 1.61. The number of anilines is 1. The molecule has 10 heteroatoms. The lowest BCUT2D eigenvalue weighted by atomic mass is 9.94. The Morgan fingerprint density at radius 2 is 2.13 bits per heavy atom. The lowest BCUT2D eigenvalue weighted by Crippen LogP contribution is -2.63. The molecule has 0 aliphatic carbocycles. The van der Waals surface area contributed by atoms with Gasteiger partial charge in [-0.15, -0.1) is 11.3 Å². The number of aromatic nitrogens is 2. The number of benzene rings is 1. The third-order valence-electron chi connectivity index (χ3n) is 4.91. The number of fused-ring (bicyclic) bond motifs is 1. The third-order valence-corrected chi connectivity index (χ3v) is 5.77. The number of nitrogens with zero attached hydrogens (tertiary/aromatic N) is 2. The number of rotatable bonds is 6. The van der Waals surface area contributed by atoms with E-state index in [0.717, 1.165) is 4.88 Å². The third kappa shape index (κ3) is 3.91. The van der Waals surface area contributed by atoms with Crippen LogP contribution in [-0.2, 0) is 9.59 Å². The molecule has 30 heavy (non-hydrogen) atoms. The van der Waals surface area contributed by atoms with Gasteiger partial charge in [0.25, 0.3) is 0 Å². The average Bonchev–Trinajstić information content (AvgIpc) is 3.28. The molecule has 1 unspecified atom stereocenters. The minimum atomic E-state index is -0.961. The predicted molar refractivity (Wildman–Crippen MR) is 115 cm³/mol. The van der Waals surface area contributed by atoms with Crippen molar-refractivity contribution in [3.63, 3.8) is 0 Å². The summed E-state index contributed by atoms with van der Waals surface area (Å²) in [6.07, 6.45) is -0.0240. The van der Waals surface area contributed by atoms with Crippen LogP contribution in [0.15, 0.2) is 35.7 Å². The molecule has 3 aromatic rings. The van der Waals surface area contributed by atoms with E-state index in [0.29, 0.717) is 41.4 Å². The zero-order valence-electron chi connectivity index (χ0n) is 16.6. The summed E-state index contributed by atoms with van der Waals surface area (Å²) < 4.78 is 5.46. The Hall–Kier alpha value is -3.24. The maximum Gasteiger partial charge on any atom is 0.240 e. The molecule has 2 amide bonds. The van der Waals surface area contributed by atoms with Crippen LogP contribution in [-0.4, -0.2) is 47.5 Å². The highest BCUT2D eigenvalue weighted by Gasteiger charge is 2.37. The van der Waals surface area contributed by atoms with Crippen LogP contribution in [0.2, 0.25) is 0 Å². The fraction of sp³-hybridized carbons (Fsp3) is 0.300. The number of amides is 2. The van der Waals surface area contributed by atoms with Crippen molar-refractivity contribution in [1.29, 1.82) is 0 Å². The highest BCUT2D eigenvalue weighted by atomic mass is 32.1. The minimum absolute atomic E-state index is 0.0240. The number of methoxy groups -OCH3 is 1. The van der Waals surface area contributed by atoms with E-state index in [1.165, 1.54) is 11.3 Å². The summed E-state index contributed by atoms with van der Waals surface area (Å²) in [5.74, 6) is 1.00. The molecule has 156 valence electrons. The highest BCUT2D eigenvalue weighted by molar-refractivity contribution is 7.13. The van der Waals surface area contributed by atoms with Gasteiger partial charge in [0.2, 0.25) is 11.8 Å². The maximum absolute atomic E-state index is 12.6. The molecule has 1 atom stereocenters. The van der Waals surface area contributed by atoms with Gasteiger partial charge in [-0.1, -0.05) is 12.1 Å². The van der Waals surface area contributed by atoms with E-state index < -0.39 is 5.54 Å². The molecule has 0 spiro atoms. The van der Waals surface area contributed by atoms with Crippen LogP contribution < -0.4 is 26.2 Å². The number of ether oxygens (including phenoxy) is 1. The first kappa shape index (κ1) is 20.0. The molecular formula is C20H22N6O3S. The summed E-state index contributed by atoms with van der Waals surface area (Å²) in [6, 6.07) is 9.38. The van der Waals surface area contributed by atoms with E-state index in [-0.39, 0.29) is 18.2 Å². The van der Waals surface area contributed by atoms with Gasteiger partial charge in [0.15, 0.2) is 11.6 Å². The number of piperazine rings is 1. The number of hydrazine groups is 1. The second-order valence-corrected chi connectivity index (χ2v) is 8.04. The number of thiophene rings is 1. The van der Waals surface area contributed by atoms with Crippen LogP contribution >= 0.6 is 11.3 Å². The Kier molecular flexibility index (Phi) is 5.51. The van der Waals surface area contributed by atoms with Crippen molar-refractivity contribution in [1.82, 2.24) is 26.0 Å². The van der Waals surface area contributed by atoms with E-state index in [4.69, 9.17) is 4.74 Å². The standard InChI is InChI=1S/C20H22N6O3S/c1-20(19(28)21-8-9-22-20)11-15(27)25-26-18-16-12(5-3-6-13(16)29-2)23-17(24-18)14-7-4-10-30-14/h3-7,10,22H,8-9,11H2,1-2H3,(H,21,28)(H,25,27)(H,23,24,26). The van der Waals surface area contributed by atoms with Crippen LogP contribution in [0, 0.1) is 0 Å². The van der Waals surface area contributed by atoms with Crippen molar-refractivity contribution in [2.24, 2.45) is 0 Å². The van der Waals surface area contributed by atoms with Gasteiger partial charge in [0.05, 0.1) is 29.3 Å². The first-order valence-electron chi connectivity index (χ1n) is 9.47. The lowest BCUT2D eigenvalue weighted by molar-refractivity contribution is -0.133. The van der Waals surface area contributed by atoms with E-state index in [1.54, 1.807) is 20.1 Å². The average molecular weight is 427 g/mol. The number of carbonyl (C=O) groups is 2. The van der Waals surface area contributed by atoms with E-state index in [9.17, 15) is 9.59 Å². The summed E-state index contributed by atoms with van der Waals surface area (Å²) in [5.41, 5.74) is 5.28. The predicted octanol–water partition coefficient (Wildman–Crippen LogP) is 1.68. The highest BCUT2D eigenvalue weighted by Crippen LogP contribution is 2.33. The van der Waals surface area contributed by atoms with Crippen LogP contribution in [0.4, 0.5) is 5.82 Å². The molecule has 0 bridgehead atoms. The van der Waals surface area contributed by atoms with E-state index in [1.807, 2.05) is 29.6 Å². The number of nitrogens with one attached hydrogen (secondary N) is 4. The Labute approximate surface area is 177 Å². The largest absolute Gasteiger partial charge is 0.496 e. The Morgan fingerprint density at radius 1 is 1.27 bits per heavy atom. The first-order valence-corrected chi connectivity index (χ1v) is 10.3. The summed E-state index contributed by atoms with van der Waals surface area (Å²) in [6.45, 7) is 2.87. The molecule has 4 N–H and O–H groups in total. The van der Waals surface area contributed by atoms with Gasteiger partial charge in [0.1, 0.15) is 11.3 Å². The fourth-order valence-electron chi connectivity index (χ4n) is 3.35. The molecule has 0 radical (unpaired) electrons. The molecular weight excluding hydrogens is 404 g/mol. The Bertz CT molecular complexity index is 1090. The number of hydrogen-bond acceptors (Lipinski definition) is 8. The van der Waals surface area contributed by atoms with Gasteiger partial charge in [-0.25, -0.2) is 9.97 Å². The van der Waals surface area contributed by atoms with Crippen molar-refractivity contribution < 1.29 is 14.3 Å². The SMILES string of the molecule is COc1cccc2nc(-c3cccs3)nc(NNC(=O)CC3(C)NCCNC3=O)c12. The van der Waals surface area contributed by atoms with Gasteiger partial charge >= 0.3 is 0 Å². The maximum atomic E-state index is 12.6. The molecule has 3 heterocycles. The Morgan fingerprint density at radius 3 is 2.87 bits per heavy atom. The van der Waals surface area contributed by atoms with Gasteiger partial charge < -0.3 is 15.4 Å². The molecule has 1 aliphatic rings. The molecule has 1 aromatic carbocycles. The second kappa shape index (κ2) is 8.25. The quantitative estimate of drug-likeness (QED) is 0.443. The summed E-state index contributed by atoms with van der Waals surface area (Å²) >= 11 is 1.53. The number of carbonyl (C=O) groups excluding carboxylic acids is 2. The second-order valence-electron chi connectivity index (χ2n) is 7.09. The smallest absolute Gasteiger partial charge is 0.240 e. The van der Waals surface area contributed by atoms with Crippen molar-refractivity contribution >= 4 is 39.9 Å². The number of hydrogen-bond donors (Lipinski definition) is 4. The van der Waals surface area contributed by atoms with E-state index >= 15 is 0 Å². The van der Waals surface area contributed by atoms with Crippen molar-refractivity contribution in [3.05, 3.63) is 35.7 Å². The van der Waals surface area contributed by atoms with Gasteiger partial charge in [-0.3, -0.25) is 20.4 Å². The molecule has 1 saturated heterocycles.